The third kappa shape index (κ3) is 2.12. The number of ether oxygens (including phenoxy) is 1. The van der Waals surface area contributed by atoms with Gasteiger partial charge in [-0.25, -0.2) is 4.79 Å². The average Bonchev–Trinajstić information content (AvgIpc) is 3.03. The van der Waals surface area contributed by atoms with Crippen molar-refractivity contribution in [2.45, 2.75) is 32.2 Å². The monoisotopic (exact) mass is 301 g/mol. The van der Waals surface area contributed by atoms with Crippen LogP contribution >= 0.6 is 0 Å². The van der Waals surface area contributed by atoms with Crippen LogP contribution in [0.5, 0.6) is 5.75 Å². The highest BCUT2D eigenvalue weighted by atomic mass is 16.5. The molecule has 0 fully saturated rings. The van der Waals surface area contributed by atoms with Crippen molar-refractivity contribution in [1.82, 2.24) is 4.90 Å². The molecule has 0 saturated carbocycles. The van der Waals surface area contributed by atoms with E-state index in [1.165, 1.54) is 0 Å². The van der Waals surface area contributed by atoms with Crippen molar-refractivity contribution >= 4 is 11.0 Å². The largest absolute Gasteiger partial charge is 0.478 e. The molecule has 1 aliphatic heterocycles. The maximum Gasteiger partial charge on any atom is 0.339 e. The standard InChI is InChI=1S/C17H19NO4/c19-8-2-7-18-9-14-15(21-10-18)6-5-12-11-3-1-4-13(11)17(20)22-16(12)14/h5-6,19H,1-4,7-10H2. The highest BCUT2D eigenvalue weighted by Gasteiger charge is 2.25. The van der Waals surface area contributed by atoms with Crippen molar-refractivity contribution in [1.29, 1.82) is 0 Å². The second-order valence-electron chi connectivity index (χ2n) is 6.02. The van der Waals surface area contributed by atoms with Crippen molar-refractivity contribution in [2.24, 2.45) is 0 Å². The summed E-state index contributed by atoms with van der Waals surface area (Å²) in [6.07, 6.45) is 3.51. The first-order valence-corrected chi connectivity index (χ1v) is 7.84. The number of hydrogen-bond acceptors (Lipinski definition) is 5. The summed E-state index contributed by atoms with van der Waals surface area (Å²) in [7, 11) is 0. The molecule has 2 aliphatic rings. The highest BCUT2D eigenvalue weighted by Crippen LogP contribution is 2.35. The normalized spacial score (nSPS) is 17.3. The Balaban J connectivity index is 1.83. The van der Waals surface area contributed by atoms with E-state index in [1.54, 1.807) is 0 Å². The Kier molecular flexibility index (Phi) is 3.39. The Bertz CT molecular complexity index is 780. The molecule has 0 radical (unpaired) electrons. The van der Waals surface area contributed by atoms with Crippen LogP contribution in [0, 0.1) is 0 Å². The molecule has 0 saturated heterocycles. The molecule has 2 aromatic rings. The number of benzene rings is 1. The lowest BCUT2D eigenvalue weighted by Gasteiger charge is -2.29. The van der Waals surface area contributed by atoms with Gasteiger partial charge in [-0.1, -0.05) is 0 Å². The summed E-state index contributed by atoms with van der Waals surface area (Å²) in [6, 6.07) is 4.00. The van der Waals surface area contributed by atoms with Crippen LogP contribution in [0.2, 0.25) is 0 Å². The summed E-state index contributed by atoms with van der Waals surface area (Å²) in [6.45, 7) is 2.13. The molecule has 0 amide bonds. The zero-order valence-corrected chi connectivity index (χ0v) is 12.4. The van der Waals surface area contributed by atoms with Crippen LogP contribution in [-0.4, -0.2) is 29.9 Å². The topological polar surface area (TPSA) is 62.9 Å². The molecule has 22 heavy (non-hydrogen) atoms. The summed E-state index contributed by atoms with van der Waals surface area (Å²) in [5.74, 6) is 0.800. The Hall–Kier alpha value is -1.85. The number of rotatable bonds is 3. The quantitative estimate of drug-likeness (QED) is 0.876. The maximum absolute atomic E-state index is 12.2. The molecule has 2 heterocycles. The first kappa shape index (κ1) is 13.8. The molecule has 1 N–H and O–H groups in total. The van der Waals surface area contributed by atoms with Crippen molar-refractivity contribution in [2.75, 3.05) is 19.9 Å². The summed E-state index contributed by atoms with van der Waals surface area (Å²) >= 11 is 0. The SMILES string of the molecule is O=c1oc2c3c(ccc2c2c1CCC2)OCN(CCCO)C3. The van der Waals surface area contributed by atoms with Crippen molar-refractivity contribution in [3.8, 4) is 5.75 Å². The molecular weight excluding hydrogens is 282 g/mol. The van der Waals surface area contributed by atoms with Gasteiger partial charge >= 0.3 is 5.63 Å². The minimum atomic E-state index is -0.194. The Morgan fingerprint density at radius 3 is 2.91 bits per heavy atom. The van der Waals surface area contributed by atoms with Crippen LogP contribution < -0.4 is 10.4 Å². The fourth-order valence-electron chi connectivity index (χ4n) is 3.54. The second-order valence-corrected chi connectivity index (χ2v) is 6.02. The summed E-state index contributed by atoms with van der Waals surface area (Å²) in [4.78, 5) is 14.3. The lowest BCUT2D eigenvalue weighted by Crippen LogP contribution is -2.33. The van der Waals surface area contributed by atoms with Gasteiger partial charge in [-0.15, -0.1) is 0 Å². The molecule has 0 spiro atoms. The van der Waals surface area contributed by atoms with E-state index < -0.39 is 0 Å². The molecular formula is C17H19NO4. The Morgan fingerprint density at radius 2 is 2.05 bits per heavy atom. The molecule has 4 rings (SSSR count). The van der Waals surface area contributed by atoms with Gasteiger partial charge in [-0.3, -0.25) is 4.90 Å². The minimum absolute atomic E-state index is 0.168. The molecule has 116 valence electrons. The average molecular weight is 301 g/mol. The first-order valence-electron chi connectivity index (χ1n) is 7.84. The van der Waals surface area contributed by atoms with Crippen LogP contribution in [0.1, 0.15) is 29.5 Å². The molecule has 5 nitrogen and oxygen atoms in total. The fraction of sp³-hybridized carbons (Fsp3) is 0.471. The van der Waals surface area contributed by atoms with Gasteiger partial charge in [-0.05, 0) is 43.4 Å². The van der Waals surface area contributed by atoms with Crippen molar-refractivity contribution < 1.29 is 14.3 Å². The minimum Gasteiger partial charge on any atom is -0.478 e. The predicted molar refractivity (Wildman–Crippen MR) is 82.1 cm³/mol. The van der Waals surface area contributed by atoms with Gasteiger partial charge in [0.2, 0.25) is 0 Å². The Labute approximate surface area is 128 Å². The highest BCUT2D eigenvalue weighted by molar-refractivity contribution is 5.86. The van der Waals surface area contributed by atoms with Crippen LogP contribution in [0.15, 0.2) is 21.3 Å². The molecule has 0 unspecified atom stereocenters. The van der Waals surface area contributed by atoms with Crippen LogP contribution in [0.3, 0.4) is 0 Å². The van der Waals surface area contributed by atoms with Crippen molar-refractivity contribution in [3.05, 3.63) is 39.2 Å². The van der Waals surface area contributed by atoms with E-state index in [4.69, 9.17) is 14.3 Å². The third-order valence-electron chi connectivity index (χ3n) is 4.62. The van der Waals surface area contributed by atoms with Gasteiger partial charge in [0.05, 0.1) is 5.56 Å². The van der Waals surface area contributed by atoms with Gasteiger partial charge in [0.1, 0.15) is 18.1 Å². The molecule has 1 aromatic heterocycles. The predicted octanol–water partition coefficient (Wildman–Crippen LogP) is 1.82. The van der Waals surface area contributed by atoms with E-state index in [2.05, 4.69) is 4.90 Å². The first-order chi connectivity index (χ1) is 10.8. The van der Waals surface area contributed by atoms with E-state index in [0.717, 1.165) is 53.6 Å². The lowest BCUT2D eigenvalue weighted by atomic mass is 10.0. The van der Waals surface area contributed by atoms with Gasteiger partial charge in [0.25, 0.3) is 0 Å². The summed E-state index contributed by atoms with van der Waals surface area (Å²) in [5, 5.41) is 10.0. The van der Waals surface area contributed by atoms with Gasteiger partial charge in [0, 0.05) is 30.6 Å². The lowest BCUT2D eigenvalue weighted by molar-refractivity contribution is 0.0886. The third-order valence-corrected chi connectivity index (χ3v) is 4.62. The maximum atomic E-state index is 12.2. The van der Waals surface area contributed by atoms with Crippen molar-refractivity contribution in [3.63, 3.8) is 0 Å². The smallest absolute Gasteiger partial charge is 0.339 e. The zero-order valence-electron chi connectivity index (χ0n) is 12.4. The van der Waals surface area contributed by atoms with Gasteiger partial charge in [-0.2, -0.15) is 0 Å². The summed E-state index contributed by atoms with van der Waals surface area (Å²) in [5.41, 5.74) is 3.44. The molecule has 1 aliphatic carbocycles. The number of aliphatic hydroxyl groups is 1. The number of aliphatic hydroxyl groups excluding tert-OH is 1. The van der Waals surface area contributed by atoms with E-state index >= 15 is 0 Å². The molecule has 0 bridgehead atoms. The van der Waals surface area contributed by atoms with Gasteiger partial charge in [0.15, 0.2) is 0 Å². The van der Waals surface area contributed by atoms with E-state index in [1.807, 2.05) is 12.1 Å². The number of hydrogen-bond donors (Lipinski definition) is 1. The zero-order chi connectivity index (χ0) is 15.1. The van der Waals surface area contributed by atoms with E-state index in [9.17, 15) is 4.79 Å². The second kappa shape index (κ2) is 5.41. The van der Waals surface area contributed by atoms with Crippen LogP contribution in [-0.2, 0) is 19.4 Å². The van der Waals surface area contributed by atoms with Gasteiger partial charge < -0.3 is 14.3 Å². The van der Waals surface area contributed by atoms with Crippen LogP contribution in [0.4, 0.5) is 0 Å². The fourth-order valence-corrected chi connectivity index (χ4v) is 3.54. The van der Waals surface area contributed by atoms with E-state index in [0.29, 0.717) is 25.3 Å². The molecule has 0 atom stereocenters. The Morgan fingerprint density at radius 1 is 1.18 bits per heavy atom. The number of fused-ring (bicyclic) bond motifs is 5. The number of aryl methyl sites for hydroxylation is 1. The molecule has 1 aromatic carbocycles. The van der Waals surface area contributed by atoms with Crippen LogP contribution in [0.25, 0.3) is 11.0 Å². The van der Waals surface area contributed by atoms with E-state index in [-0.39, 0.29) is 12.2 Å². The molecule has 5 heteroatoms. The summed E-state index contributed by atoms with van der Waals surface area (Å²) < 4.78 is 11.4. The number of nitrogens with zero attached hydrogens (tertiary/aromatic N) is 1.